The lowest BCUT2D eigenvalue weighted by molar-refractivity contribution is 0.0955. The van der Waals surface area contributed by atoms with Gasteiger partial charge in [0.1, 0.15) is 5.82 Å². The van der Waals surface area contributed by atoms with Gasteiger partial charge < -0.3 is 4.90 Å². The lowest BCUT2D eigenvalue weighted by atomic mass is 10.1. The monoisotopic (exact) mass is 359 g/mol. The molecule has 0 saturated carbocycles. The summed E-state index contributed by atoms with van der Waals surface area (Å²) >= 11 is 0. The number of amides is 1. The average molecular weight is 359 g/mol. The Morgan fingerprint density at radius 2 is 1.70 bits per heavy atom. The van der Waals surface area contributed by atoms with E-state index in [0.29, 0.717) is 12.1 Å². The third kappa shape index (κ3) is 3.87. The van der Waals surface area contributed by atoms with E-state index in [0.717, 1.165) is 23.4 Å². The van der Waals surface area contributed by atoms with Crippen molar-refractivity contribution < 1.29 is 9.18 Å². The second-order valence-corrected chi connectivity index (χ2v) is 6.43. The smallest absolute Gasteiger partial charge is 0.271 e. The van der Waals surface area contributed by atoms with Gasteiger partial charge in [0.15, 0.2) is 0 Å². The van der Waals surface area contributed by atoms with E-state index in [2.05, 4.69) is 15.4 Å². The summed E-state index contributed by atoms with van der Waals surface area (Å²) in [6.45, 7) is 1.43. The molecule has 0 radical (unpaired) electrons. The first-order chi connectivity index (χ1) is 13.2. The standard InChI is InChI=1S/C22H18FN3O/c23-20-8-10-21(11-9-20)26-14-18-7-6-17(12-19(18)15-26)22(27)25-24-13-16-4-2-1-3-5-16/h1-13H,14-15H2,(H,25,27)/b24-13+. The largest absolute Gasteiger partial charge is 0.363 e. The molecule has 27 heavy (non-hydrogen) atoms. The Hall–Kier alpha value is -3.47. The molecule has 0 atom stereocenters. The van der Waals surface area contributed by atoms with Crippen molar-refractivity contribution in [2.45, 2.75) is 13.1 Å². The van der Waals surface area contributed by atoms with Crippen molar-refractivity contribution in [1.82, 2.24) is 5.43 Å². The molecule has 134 valence electrons. The number of benzene rings is 3. The molecule has 5 heteroatoms. The highest BCUT2D eigenvalue weighted by Crippen LogP contribution is 2.29. The van der Waals surface area contributed by atoms with E-state index < -0.39 is 0 Å². The average Bonchev–Trinajstić information content (AvgIpc) is 3.12. The Morgan fingerprint density at radius 3 is 2.48 bits per heavy atom. The van der Waals surface area contributed by atoms with Crippen LogP contribution in [0, 0.1) is 5.82 Å². The lowest BCUT2D eigenvalue weighted by Crippen LogP contribution is -2.17. The quantitative estimate of drug-likeness (QED) is 0.563. The molecule has 1 heterocycles. The Morgan fingerprint density at radius 1 is 0.963 bits per heavy atom. The van der Waals surface area contributed by atoms with Gasteiger partial charge in [-0.1, -0.05) is 36.4 Å². The lowest BCUT2D eigenvalue weighted by Gasteiger charge is -2.17. The highest BCUT2D eigenvalue weighted by Gasteiger charge is 2.20. The highest BCUT2D eigenvalue weighted by atomic mass is 19.1. The topological polar surface area (TPSA) is 44.7 Å². The molecule has 0 bridgehead atoms. The summed E-state index contributed by atoms with van der Waals surface area (Å²) in [7, 11) is 0. The maximum atomic E-state index is 13.1. The number of carbonyl (C=O) groups is 1. The van der Waals surface area contributed by atoms with Gasteiger partial charge >= 0.3 is 0 Å². The normalized spacial score (nSPS) is 13.0. The molecule has 1 aliphatic rings. The molecule has 1 amide bonds. The first kappa shape index (κ1) is 17.0. The summed E-state index contributed by atoms with van der Waals surface area (Å²) in [5, 5.41) is 4.01. The molecule has 0 fully saturated rings. The molecular weight excluding hydrogens is 341 g/mol. The molecule has 0 spiro atoms. The van der Waals surface area contributed by atoms with Gasteiger partial charge in [-0.25, -0.2) is 9.82 Å². The number of nitrogens with zero attached hydrogens (tertiary/aromatic N) is 2. The van der Waals surface area contributed by atoms with Crippen molar-refractivity contribution in [1.29, 1.82) is 0 Å². The van der Waals surface area contributed by atoms with Crippen LogP contribution < -0.4 is 10.3 Å². The van der Waals surface area contributed by atoms with Crippen LogP contribution in [0.1, 0.15) is 27.0 Å². The first-order valence-electron chi connectivity index (χ1n) is 8.70. The Bertz CT molecular complexity index is 984. The van der Waals surface area contributed by atoms with Gasteiger partial charge in [-0.05, 0) is 53.1 Å². The van der Waals surface area contributed by atoms with Crippen LogP contribution in [0.25, 0.3) is 0 Å². The molecule has 0 aromatic heterocycles. The fraction of sp³-hybridized carbons (Fsp3) is 0.0909. The summed E-state index contributed by atoms with van der Waals surface area (Å²) in [6, 6.07) is 21.7. The molecule has 3 aromatic carbocycles. The van der Waals surface area contributed by atoms with Crippen LogP contribution in [0.5, 0.6) is 0 Å². The summed E-state index contributed by atoms with van der Waals surface area (Å²) in [5.41, 5.74) is 7.28. The number of anilines is 1. The Labute approximate surface area is 157 Å². The summed E-state index contributed by atoms with van der Waals surface area (Å²) < 4.78 is 13.1. The zero-order valence-electron chi connectivity index (χ0n) is 14.6. The van der Waals surface area contributed by atoms with E-state index >= 15 is 0 Å². The van der Waals surface area contributed by atoms with Crippen molar-refractivity contribution >= 4 is 17.8 Å². The molecule has 0 unspecified atom stereocenters. The minimum Gasteiger partial charge on any atom is -0.363 e. The van der Waals surface area contributed by atoms with Crippen LogP contribution in [0.15, 0.2) is 77.9 Å². The van der Waals surface area contributed by atoms with Crippen LogP contribution in [-0.2, 0) is 13.1 Å². The fourth-order valence-corrected chi connectivity index (χ4v) is 3.14. The maximum Gasteiger partial charge on any atom is 0.271 e. The third-order valence-electron chi connectivity index (χ3n) is 4.56. The van der Waals surface area contributed by atoms with Gasteiger partial charge in [0.25, 0.3) is 5.91 Å². The first-order valence-corrected chi connectivity index (χ1v) is 8.70. The molecule has 4 nitrogen and oxygen atoms in total. The number of carbonyl (C=O) groups excluding carboxylic acids is 1. The zero-order valence-corrected chi connectivity index (χ0v) is 14.6. The zero-order chi connectivity index (χ0) is 18.6. The van der Waals surface area contributed by atoms with Crippen LogP contribution >= 0.6 is 0 Å². The van der Waals surface area contributed by atoms with E-state index in [1.54, 1.807) is 24.4 Å². The van der Waals surface area contributed by atoms with E-state index in [-0.39, 0.29) is 11.7 Å². The van der Waals surface area contributed by atoms with Gasteiger partial charge in [0.05, 0.1) is 6.21 Å². The molecule has 0 aliphatic carbocycles. The molecule has 3 aromatic rings. The Balaban J connectivity index is 1.43. The minimum atomic E-state index is -0.245. The number of nitrogens with one attached hydrogen (secondary N) is 1. The molecule has 1 aliphatic heterocycles. The van der Waals surface area contributed by atoms with Gasteiger partial charge in [0.2, 0.25) is 0 Å². The van der Waals surface area contributed by atoms with E-state index in [9.17, 15) is 9.18 Å². The second kappa shape index (κ2) is 7.41. The third-order valence-corrected chi connectivity index (χ3v) is 4.56. The van der Waals surface area contributed by atoms with Crippen LogP contribution in [0.2, 0.25) is 0 Å². The van der Waals surface area contributed by atoms with Crippen LogP contribution in [0.4, 0.5) is 10.1 Å². The van der Waals surface area contributed by atoms with Crippen molar-refractivity contribution in [2.75, 3.05) is 4.90 Å². The predicted molar refractivity (Wildman–Crippen MR) is 104 cm³/mol. The summed E-state index contributed by atoms with van der Waals surface area (Å²) in [6.07, 6.45) is 1.61. The van der Waals surface area contributed by atoms with Gasteiger partial charge in [0, 0.05) is 24.3 Å². The summed E-state index contributed by atoms with van der Waals surface area (Å²) in [4.78, 5) is 14.5. The predicted octanol–water partition coefficient (Wildman–Crippen LogP) is 4.11. The van der Waals surface area contributed by atoms with Crippen molar-refractivity contribution in [3.05, 3.63) is 101 Å². The molecular formula is C22H18FN3O. The van der Waals surface area contributed by atoms with E-state index in [1.807, 2.05) is 42.5 Å². The number of hydrogen-bond acceptors (Lipinski definition) is 3. The maximum absolute atomic E-state index is 13.1. The van der Waals surface area contributed by atoms with Crippen LogP contribution in [-0.4, -0.2) is 12.1 Å². The van der Waals surface area contributed by atoms with E-state index in [1.165, 1.54) is 17.7 Å². The molecule has 4 rings (SSSR count). The SMILES string of the molecule is O=C(N/N=C/c1ccccc1)c1ccc2c(c1)CN(c1ccc(F)cc1)C2. The number of halogens is 1. The summed E-state index contributed by atoms with van der Waals surface area (Å²) in [5.74, 6) is -0.490. The van der Waals surface area contributed by atoms with Gasteiger partial charge in [-0.3, -0.25) is 4.79 Å². The second-order valence-electron chi connectivity index (χ2n) is 6.43. The molecule has 0 saturated heterocycles. The number of rotatable bonds is 4. The molecule has 1 N–H and O–H groups in total. The number of hydrogen-bond donors (Lipinski definition) is 1. The van der Waals surface area contributed by atoms with Gasteiger partial charge in [-0.15, -0.1) is 0 Å². The van der Waals surface area contributed by atoms with Crippen molar-refractivity contribution in [3.63, 3.8) is 0 Å². The van der Waals surface area contributed by atoms with Crippen molar-refractivity contribution in [3.8, 4) is 0 Å². The van der Waals surface area contributed by atoms with E-state index in [4.69, 9.17) is 0 Å². The highest BCUT2D eigenvalue weighted by molar-refractivity contribution is 5.95. The number of hydrazone groups is 1. The van der Waals surface area contributed by atoms with Gasteiger partial charge in [-0.2, -0.15) is 5.10 Å². The Kier molecular flexibility index (Phi) is 4.66. The fourth-order valence-electron chi connectivity index (χ4n) is 3.14. The van der Waals surface area contributed by atoms with Crippen molar-refractivity contribution in [2.24, 2.45) is 5.10 Å². The minimum absolute atomic E-state index is 0.245. The number of fused-ring (bicyclic) bond motifs is 1. The van der Waals surface area contributed by atoms with Crippen LogP contribution in [0.3, 0.4) is 0 Å².